The maximum atomic E-state index is 3.51. The van der Waals surface area contributed by atoms with Crippen LogP contribution < -0.4 is 5.32 Å². The maximum absolute atomic E-state index is 3.51. The molecule has 0 heterocycles. The van der Waals surface area contributed by atoms with Gasteiger partial charge in [0.05, 0.1) is 0 Å². The van der Waals surface area contributed by atoms with E-state index in [1.54, 1.807) is 0 Å². The average Bonchev–Trinajstić information content (AvgIpc) is 3.23. The number of rotatable bonds is 8. The van der Waals surface area contributed by atoms with Gasteiger partial charge in [-0.3, -0.25) is 0 Å². The number of benzene rings is 1. The quantitative estimate of drug-likeness (QED) is 0.778. The Labute approximate surface area is 124 Å². The van der Waals surface area contributed by atoms with Crippen molar-refractivity contribution in [2.24, 2.45) is 5.92 Å². The standard InChI is InChI=1S/C18H30N2/c1-5-10-20(12-16-7-8-16)13-18(19-4)17-9-6-14(2)15(3)11-17/h6,9,11,16,18-19H,5,7-8,10,12-13H2,1-4H3. The number of hydrogen-bond acceptors (Lipinski definition) is 2. The van der Waals surface area contributed by atoms with Crippen LogP contribution in [0.1, 0.15) is 48.9 Å². The molecule has 1 aromatic carbocycles. The summed E-state index contributed by atoms with van der Waals surface area (Å²) in [5.41, 5.74) is 4.20. The van der Waals surface area contributed by atoms with Crippen molar-refractivity contribution in [3.8, 4) is 0 Å². The van der Waals surface area contributed by atoms with Crippen molar-refractivity contribution < 1.29 is 0 Å². The molecule has 1 saturated carbocycles. The first kappa shape index (κ1) is 15.5. The van der Waals surface area contributed by atoms with Crippen LogP contribution >= 0.6 is 0 Å². The van der Waals surface area contributed by atoms with Crippen molar-refractivity contribution in [1.82, 2.24) is 10.2 Å². The van der Waals surface area contributed by atoms with E-state index >= 15 is 0 Å². The van der Waals surface area contributed by atoms with E-state index in [-0.39, 0.29) is 0 Å². The largest absolute Gasteiger partial charge is 0.312 e. The molecule has 1 aliphatic carbocycles. The van der Waals surface area contributed by atoms with Crippen LogP contribution in [0.3, 0.4) is 0 Å². The van der Waals surface area contributed by atoms with Crippen molar-refractivity contribution in [3.05, 3.63) is 34.9 Å². The van der Waals surface area contributed by atoms with Crippen LogP contribution in [-0.2, 0) is 0 Å². The van der Waals surface area contributed by atoms with Gasteiger partial charge in [0.1, 0.15) is 0 Å². The van der Waals surface area contributed by atoms with Gasteiger partial charge in [-0.05, 0) is 69.3 Å². The van der Waals surface area contributed by atoms with Gasteiger partial charge < -0.3 is 10.2 Å². The monoisotopic (exact) mass is 274 g/mol. The molecule has 2 rings (SSSR count). The van der Waals surface area contributed by atoms with Crippen LogP contribution in [0.25, 0.3) is 0 Å². The Morgan fingerprint density at radius 1 is 1.25 bits per heavy atom. The summed E-state index contributed by atoms with van der Waals surface area (Å²) in [6.45, 7) is 10.3. The van der Waals surface area contributed by atoms with Gasteiger partial charge in [0, 0.05) is 19.1 Å². The minimum atomic E-state index is 0.444. The molecule has 1 N–H and O–H groups in total. The van der Waals surface area contributed by atoms with E-state index in [9.17, 15) is 0 Å². The van der Waals surface area contributed by atoms with E-state index in [1.807, 2.05) is 0 Å². The molecule has 0 bridgehead atoms. The molecule has 112 valence electrons. The first-order valence-electron chi connectivity index (χ1n) is 8.10. The fourth-order valence-corrected chi connectivity index (χ4v) is 2.84. The van der Waals surface area contributed by atoms with Gasteiger partial charge in [0.15, 0.2) is 0 Å². The van der Waals surface area contributed by atoms with Crippen molar-refractivity contribution in [2.75, 3.05) is 26.7 Å². The number of likely N-dealkylation sites (N-methyl/N-ethyl adjacent to an activating group) is 1. The van der Waals surface area contributed by atoms with Crippen molar-refractivity contribution in [2.45, 2.75) is 46.1 Å². The number of hydrogen-bond donors (Lipinski definition) is 1. The van der Waals surface area contributed by atoms with Crippen molar-refractivity contribution in [3.63, 3.8) is 0 Å². The average molecular weight is 274 g/mol. The van der Waals surface area contributed by atoms with Crippen LogP contribution in [0, 0.1) is 19.8 Å². The molecule has 0 aliphatic heterocycles. The molecule has 0 spiro atoms. The molecule has 1 atom stereocenters. The second kappa shape index (κ2) is 7.24. The second-order valence-corrected chi connectivity index (χ2v) is 6.39. The molecule has 0 aromatic heterocycles. The Morgan fingerprint density at radius 3 is 2.55 bits per heavy atom. The van der Waals surface area contributed by atoms with E-state index < -0.39 is 0 Å². The summed E-state index contributed by atoms with van der Waals surface area (Å²) in [6, 6.07) is 7.32. The van der Waals surface area contributed by atoms with Crippen LogP contribution in [0.15, 0.2) is 18.2 Å². The minimum absolute atomic E-state index is 0.444. The Morgan fingerprint density at radius 2 is 2.00 bits per heavy atom. The van der Waals surface area contributed by atoms with E-state index in [0.717, 1.165) is 12.5 Å². The molecule has 1 fully saturated rings. The van der Waals surface area contributed by atoms with Crippen LogP contribution in [0.4, 0.5) is 0 Å². The summed E-state index contributed by atoms with van der Waals surface area (Å²) in [5.74, 6) is 0.971. The highest BCUT2D eigenvalue weighted by molar-refractivity contribution is 5.31. The third-order valence-corrected chi connectivity index (χ3v) is 4.48. The van der Waals surface area contributed by atoms with Crippen molar-refractivity contribution in [1.29, 1.82) is 0 Å². The zero-order valence-corrected chi connectivity index (χ0v) is 13.6. The predicted molar refractivity (Wildman–Crippen MR) is 87.2 cm³/mol. The van der Waals surface area contributed by atoms with Gasteiger partial charge in [0.2, 0.25) is 0 Å². The van der Waals surface area contributed by atoms with Crippen LogP contribution in [-0.4, -0.2) is 31.6 Å². The molecular weight excluding hydrogens is 244 g/mol. The SMILES string of the molecule is CCCN(CC1CC1)CC(NC)c1ccc(C)c(C)c1. The third kappa shape index (κ3) is 4.32. The van der Waals surface area contributed by atoms with E-state index in [2.05, 4.69) is 56.2 Å². The van der Waals surface area contributed by atoms with E-state index in [0.29, 0.717) is 6.04 Å². The van der Waals surface area contributed by atoms with Crippen LogP contribution in [0.2, 0.25) is 0 Å². The van der Waals surface area contributed by atoms with E-state index in [1.165, 1.54) is 49.0 Å². The minimum Gasteiger partial charge on any atom is -0.312 e. The lowest BCUT2D eigenvalue weighted by Crippen LogP contribution is -2.35. The number of nitrogens with zero attached hydrogens (tertiary/aromatic N) is 1. The Hall–Kier alpha value is -0.860. The highest BCUT2D eigenvalue weighted by Gasteiger charge is 2.25. The Bertz CT molecular complexity index is 423. The first-order valence-corrected chi connectivity index (χ1v) is 8.10. The van der Waals surface area contributed by atoms with E-state index in [4.69, 9.17) is 0 Å². The van der Waals surface area contributed by atoms with Gasteiger partial charge in [-0.15, -0.1) is 0 Å². The zero-order valence-electron chi connectivity index (χ0n) is 13.6. The molecule has 2 heteroatoms. The molecular formula is C18H30N2. The topological polar surface area (TPSA) is 15.3 Å². The number of nitrogens with one attached hydrogen (secondary N) is 1. The summed E-state index contributed by atoms with van der Waals surface area (Å²) in [6.07, 6.45) is 4.12. The highest BCUT2D eigenvalue weighted by Crippen LogP contribution is 2.30. The molecule has 20 heavy (non-hydrogen) atoms. The fourth-order valence-electron chi connectivity index (χ4n) is 2.84. The normalized spacial score (nSPS) is 16.6. The summed E-state index contributed by atoms with van der Waals surface area (Å²) in [5, 5.41) is 3.51. The molecule has 1 aliphatic rings. The van der Waals surface area contributed by atoms with Crippen molar-refractivity contribution >= 4 is 0 Å². The molecule has 0 saturated heterocycles. The lowest BCUT2D eigenvalue weighted by molar-refractivity contribution is 0.237. The molecule has 2 nitrogen and oxygen atoms in total. The Balaban J connectivity index is 2.02. The Kier molecular flexibility index (Phi) is 5.62. The summed E-state index contributed by atoms with van der Waals surface area (Å²) in [4.78, 5) is 2.65. The maximum Gasteiger partial charge on any atom is 0.0446 e. The van der Waals surface area contributed by atoms with Crippen LogP contribution in [0.5, 0.6) is 0 Å². The fraction of sp³-hybridized carbons (Fsp3) is 0.667. The summed E-state index contributed by atoms with van der Waals surface area (Å²) < 4.78 is 0. The lowest BCUT2D eigenvalue weighted by atomic mass is 10.0. The third-order valence-electron chi connectivity index (χ3n) is 4.48. The zero-order chi connectivity index (χ0) is 14.5. The second-order valence-electron chi connectivity index (χ2n) is 6.39. The van der Waals surface area contributed by atoms with Gasteiger partial charge >= 0.3 is 0 Å². The summed E-state index contributed by atoms with van der Waals surface area (Å²) >= 11 is 0. The summed E-state index contributed by atoms with van der Waals surface area (Å²) in [7, 11) is 2.08. The van der Waals surface area contributed by atoms with Gasteiger partial charge in [-0.25, -0.2) is 0 Å². The van der Waals surface area contributed by atoms with Gasteiger partial charge in [-0.1, -0.05) is 25.1 Å². The first-order chi connectivity index (χ1) is 9.63. The van der Waals surface area contributed by atoms with Gasteiger partial charge in [0.25, 0.3) is 0 Å². The highest BCUT2D eigenvalue weighted by atomic mass is 15.1. The molecule has 0 radical (unpaired) electrons. The molecule has 1 unspecified atom stereocenters. The lowest BCUT2D eigenvalue weighted by Gasteiger charge is -2.27. The smallest absolute Gasteiger partial charge is 0.0446 e. The predicted octanol–water partition coefficient (Wildman–Crippen LogP) is 3.69. The molecule has 0 amide bonds. The van der Waals surface area contributed by atoms with Gasteiger partial charge in [-0.2, -0.15) is 0 Å². The molecule has 1 aromatic rings. The number of aryl methyl sites for hydroxylation is 2.